The van der Waals surface area contributed by atoms with E-state index in [1.807, 2.05) is 30.3 Å². The molecule has 2 N–H and O–H groups in total. The van der Waals surface area contributed by atoms with Crippen LogP contribution in [0.4, 0.5) is 4.39 Å². The van der Waals surface area contributed by atoms with Gasteiger partial charge in [-0.2, -0.15) is 0 Å². The summed E-state index contributed by atoms with van der Waals surface area (Å²) in [7, 11) is 0. The highest BCUT2D eigenvalue weighted by molar-refractivity contribution is 5.85. The first-order chi connectivity index (χ1) is 12.3. The van der Waals surface area contributed by atoms with Gasteiger partial charge in [0.15, 0.2) is 0 Å². The number of nitrogens with zero attached hydrogens (tertiary/aromatic N) is 3. The zero-order valence-corrected chi connectivity index (χ0v) is 15.4. The van der Waals surface area contributed by atoms with Crippen LogP contribution in [0.25, 0.3) is 22.2 Å². The van der Waals surface area contributed by atoms with E-state index in [0.29, 0.717) is 12.1 Å². The van der Waals surface area contributed by atoms with Gasteiger partial charge >= 0.3 is 0 Å². The number of H-pyrrole nitrogens is 1. The third-order valence-electron chi connectivity index (χ3n) is 4.82. The van der Waals surface area contributed by atoms with Crippen LogP contribution >= 0.6 is 12.4 Å². The number of aromatic amines is 1. The van der Waals surface area contributed by atoms with E-state index in [1.54, 1.807) is 6.07 Å². The number of hydrogen-bond donors (Lipinski definition) is 2. The van der Waals surface area contributed by atoms with Gasteiger partial charge in [-0.15, -0.1) is 17.5 Å². The van der Waals surface area contributed by atoms with Crippen molar-refractivity contribution in [3.05, 3.63) is 47.8 Å². The van der Waals surface area contributed by atoms with Crippen LogP contribution in [0.15, 0.2) is 36.4 Å². The van der Waals surface area contributed by atoms with Crippen LogP contribution in [0.3, 0.4) is 0 Å². The summed E-state index contributed by atoms with van der Waals surface area (Å²) in [5.74, 6) is -0.167. The monoisotopic (exact) mass is 375 g/mol. The molecule has 0 unspecified atom stereocenters. The molecule has 138 valence electrons. The molecule has 0 saturated carbocycles. The Hall–Kier alpha value is -2.02. The molecule has 7 heteroatoms. The van der Waals surface area contributed by atoms with E-state index < -0.39 is 0 Å². The predicted octanol–water partition coefficient (Wildman–Crippen LogP) is 3.37. The van der Waals surface area contributed by atoms with Gasteiger partial charge in [0.05, 0.1) is 5.52 Å². The Kier molecular flexibility index (Phi) is 6.19. The SMILES string of the molecule is Cl.Fc1ccc(-c2ccc3[nH]nnc3c2)cc1CNCCN1CCCC1. The summed E-state index contributed by atoms with van der Waals surface area (Å²) in [6, 6.07) is 11.2. The Morgan fingerprint density at radius 2 is 1.85 bits per heavy atom. The Bertz CT molecular complexity index is 860. The van der Waals surface area contributed by atoms with Gasteiger partial charge in [0, 0.05) is 25.2 Å². The minimum Gasteiger partial charge on any atom is -0.311 e. The van der Waals surface area contributed by atoms with E-state index >= 15 is 0 Å². The lowest BCUT2D eigenvalue weighted by atomic mass is 10.0. The third kappa shape index (κ3) is 4.20. The minimum atomic E-state index is -0.167. The molecule has 1 fully saturated rings. The number of hydrogen-bond acceptors (Lipinski definition) is 4. The maximum atomic E-state index is 14.1. The van der Waals surface area contributed by atoms with E-state index in [-0.39, 0.29) is 18.2 Å². The van der Waals surface area contributed by atoms with Gasteiger partial charge in [-0.3, -0.25) is 5.10 Å². The highest BCUT2D eigenvalue weighted by Gasteiger charge is 2.11. The van der Waals surface area contributed by atoms with E-state index in [2.05, 4.69) is 25.6 Å². The zero-order chi connectivity index (χ0) is 17.1. The molecule has 0 amide bonds. The van der Waals surface area contributed by atoms with Crippen LogP contribution < -0.4 is 5.32 Å². The molecule has 1 aliphatic rings. The number of nitrogens with one attached hydrogen (secondary N) is 2. The van der Waals surface area contributed by atoms with Crippen molar-refractivity contribution in [3.63, 3.8) is 0 Å². The third-order valence-corrected chi connectivity index (χ3v) is 4.82. The van der Waals surface area contributed by atoms with E-state index in [9.17, 15) is 4.39 Å². The molecule has 26 heavy (non-hydrogen) atoms. The Balaban J connectivity index is 0.00000196. The van der Waals surface area contributed by atoms with Crippen molar-refractivity contribution in [1.82, 2.24) is 25.6 Å². The van der Waals surface area contributed by atoms with Crippen LogP contribution in [-0.4, -0.2) is 46.5 Å². The second kappa shape index (κ2) is 8.58. The fourth-order valence-corrected chi connectivity index (χ4v) is 3.38. The van der Waals surface area contributed by atoms with Crippen molar-refractivity contribution in [2.24, 2.45) is 0 Å². The molecular formula is C19H23ClFN5. The average molecular weight is 376 g/mol. The van der Waals surface area contributed by atoms with Gasteiger partial charge < -0.3 is 10.2 Å². The zero-order valence-electron chi connectivity index (χ0n) is 14.5. The fraction of sp³-hybridized carbons (Fsp3) is 0.368. The molecule has 0 spiro atoms. The standard InChI is InChI=1S/C19H22FN5.ClH/c20-17-5-3-14(15-4-6-18-19(12-15)23-24-22-18)11-16(17)13-21-7-10-25-8-1-2-9-25;/h3-6,11-12,21H,1-2,7-10,13H2,(H,22,23,24);1H. The summed E-state index contributed by atoms with van der Waals surface area (Å²) in [6.45, 7) is 4.84. The van der Waals surface area contributed by atoms with Crippen molar-refractivity contribution in [3.8, 4) is 11.1 Å². The maximum Gasteiger partial charge on any atom is 0.127 e. The van der Waals surface area contributed by atoms with Crippen molar-refractivity contribution in [2.75, 3.05) is 26.2 Å². The molecule has 0 atom stereocenters. The Morgan fingerprint density at radius 1 is 1.08 bits per heavy atom. The summed E-state index contributed by atoms with van der Waals surface area (Å²) in [5, 5.41) is 14.1. The molecule has 0 bridgehead atoms. The molecule has 2 heterocycles. The first-order valence-corrected chi connectivity index (χ1v) is 8.82. The summed E-state index contributed by atoms with van der Waals surface area (Å²) in [6.07, 6.45) is 2.60. The molecule has 3 aromatic rings. The number of likely N-dealkylation sites (tertiary alicyclic amines) is 1. The van der Waals surface area contributed by atoms with Gasteiger partial charge in [-0.05, 0) is 61.3 Å². The molecule has 2 aromatic carbocycles. The van der Waals surface area contributed by atoms with Crippen LogP contribution in [0.1, 0.15) is 18.4 Å². The summed E-state index contributed by atoms with van der Waals surface area (Å²) in [4.78, 5) is 2.45. The van der Waals surface area contributed by atoms with E-state index in [1.165, 1.54) is 25.9 Å². The van der Waals surface area contributed by atoms with Gasteiger partial charge in [-0.1, -0.05) is 17.3 Å². The topological polar surface area (TPSA) is 56.8 Å². The van der Waals surface area contributed by atoms with E-state index in [0.717, 1.165) is 35.2 Å². The lowest BCUT2D eigenvalue weighted by molar-refractivity contribution is 0.335. The molecule has 1 aromatic heterocycles. The Labute approximate surface area is 158 Å². The van der Waals surface area contributed by atoms with Crippen molar-refractivity contribution < 1.29 is 4.39 Å². The highest BCUT2D eigenvalue weighted by atomic mass is 35.5. The normalized spacial score (nSPS) is 14.7. The highest BCUT2D eigenvalue weighted by Crippen LogP contribution is 2.24. The van der Waals surface area contributed by atoms with Gasteiger partial charge in [-0.25, -0.2) is 4.39 Å². The van der Waals surface area contributed by atoms with Crippen molar-refractivity contribution in [1.29, 1.82) is 0 Å². The lowest BCUT2D eigenvalue weighted by Crippen LogP contribution is -2.29. The molecular weight excluding hydrogens is 353 g/mol. The van der Waals surface area contributed by atoms with Gasteiger partial charge in [0.2, 0.25) is 0 Å². The number of benzene rings is 2. The number of rotatable bonds is 6. The maximum absolute atomic E-state index is 14.1. The Morgan fingerprint density at radius 3 is 2.69 bits per heavy atom. The summed E-state index contributed by atoms with van der Waals surface area (Å²) in [5.41, 5.74) is 4.41. The number of fused-ring (bicyclic) bond motifs is 1. The molecule has 0 radical (unpaired) electrons. The number of aromatic nitrogens is 3. The lowest BCUT2D eigenvalue weighted by Gasteiger charge is -2.15. The quantitative estimate of drug-likeness (QED) is 0.648. The van der Waals surface area contributed by atoms with Crippen LogP contribution in [0.5, 0.6) is 0 Å². The molecule has 1 aliphatic heterocycles. The predicted molar refractivity (Wildman–Crippen MR) is 104 cm³/mol. The number of halogens is 2. The molecule has 0 aliphatic carbocycles. The first-order valence-electron chi connectivity index (χ1n) is 8.82. The largest absolute Gasteiger partial charge is 0.311 e. The summed E-state index contributed by atoms with van der Waals surface area (Å²) >= 11 is 0. The minimum absolute atomic E-state index is 0. The van der Waals surface area contributed by atoms with Gasteiger partial charge in [0.25, 0.3) is 0 Å². The average Bonchev–Trinajstić information content (AvgIpc) is 3.31. The second-order valence-corrected chi connectivity index (χ2v) is 6.58. The second-order valence-electron chi connectivity index (χ2n) is 6.58. The first kappa shape index (κ1) is 18.8. The van der Waals surface area contributed by atoms with Crippen LogP contribution in [0.2, 0.25) is 0 Å². The molecule has 4 rings (SSSR count). The van der Waals surface area contributed by atoms with Crippen LogP contribution in [-0.2, 0) is 6.54 Å². The van der Waals surface area contributed by atoms with Gasteiger partial charge in [0.1, 0.15) is 11.3 Å². The smallest absolute Gasteiger partial charge is 0.127 e. The molecule has 5 nitrogen and oxygen atoms in total. The van der Waals surface area contributed by atoms with E-state index in [4.69, 9.17) is 0 Å². The molecule has 1 saturated heterocycles. The summed E-state index contributed by atoms with van der Waals surface area (Å²) < 4.78 is 14.1. The van der Waals surface area contributed by atoms with Crippen molar-refractivity contribution >= 4 is 23.4 Å². The van der Waals surface area contributed by atoms with Crippen LogP contribution in [0, 0.1) is 5.82 Å². The van der Waals surface area contributed by atoms with Crippen molar-refractivity contribution in [2.45, 2.75) is 19.4 Å². The fourth-order valence-electron chi connectivity index (χ4n) is 3.38.